The number of benzene rings is 2. The van der Waals surface area contributed by atoms with Crippen molar-refractivity contribution in [1.82, 2.24) is 9.78 Å². The number of ether oxygens (including phenoxy) is 1. The summed E-state index contributed by atoms with van der Waals surface area (Å²) >= 11 is 6.04. The van der Waals surface area contributed by atoms with Crippen LogP contribution in [0.4, 0.5) is 10.1 Å². The van der Waals surface area contributed by atoms with Gasteiger partial charge >= 0.3 is 0 Å². The molecular formula is C21H19ClFN3O3. The summed E-state index contributed by atoms with van der Waals surface area (Å²) in [7, 11) is 0. The molecule has 3 aromatic rings. The Morgan fingerprint density at radius 2 is 2.03 bits per heavy atom. The van der Waals surface area contributed by atoms with Gasteiger partial charge in [0.15, 0.2) is 6.10 Å². The van der Waals surface area contributed by atoms with Gasteiger partial charge in [-0.2, -0.15) is 4.68 Å². The van der Waals surface area contributed by atoms with Gasteiger partial charge in [0, 0.05) is 22.8 Å². The standard InChI is InChI=1S/C21H19ClFN3O3/c1-3-18(21(28)24-16-6-4-5-15(23)12-16)29-19-9-10-20(27)26(25-19)17-11-14(22)8-7-13(17)2/h4-12,18H,3H2,1-2H3,(H,24,28)/t18-/m1/s1. The Balaban J connectivity index is 1.84. The van der Waals surface area contributed by atoms with Crippen LogP contribution < -0.4 is 15.6 Å². The molecule has 2 aromatic carbocycles. The van der Waals surface area contributed by atoms with E-state index in [1.807, 2.05) is 6.92 Å². The number of hydrogen-bond donors (Lipinski definition) is 1. The van der Waals surface area contributed by atoms with Gasteiger partial charge in [0.2, 0.25) is 5.88 Å². The van der Waals surface area contributed by atoms with Gasteiger partial charge < -0.3 is 10.1 Å². The van der Waals surface area contributed by atoms with Crippen molar-refractivity contribution in [2.24, 2.45) is 0 Å². The zero-order chi connectivity index (χ0) is 21.0. The van der Waals surface area contributed by atoms with E-state index in [0.717, 1.165) is 5.56 Å². The molecule has 1 amide bonds. The van der Waals surface area contributed by atoms with E-state index >= 15 is 0 Å². The molecule has 0 spiro atoms. The molecule has 1 atom stereocenters. The fourth-order valence-electron chi connectivity index (χ4n) is 2.70. The summed E-state index contributed by atoms with van der Waals surface area (Å²) < 4.78 is 20.2. The summed E-state index contributed by atoms with van der Waals surface area (Å²) in [4.78, 5) is 24.8. The van der Waals surface area contributed by atoms with Crippen molar-refractivity contribution in [1.29, 1.82) is 0 Å². The quantitative estimate of drug-likeness (QED) is 0.657. The van der Waals surface area contributed by atoms with Crippen molar-refractivity contribution in [2.75, 3.05) is 5.32 Å². The van der Waals surface area contributed by atoms with Crippen LogP contribution in [0.5, 0.6) is 5.88 Å². The van der Waals surface area contributed by atoms with Gasteiger partial charge in [0.1, 0.15) is 5.82 Å². The number of carbonyl (C=O) groups is 1. The molecule has 0 fully saturated rings. The van der Waals surface area contributed by atoms with E-state index in [1.54, 1.807) is 31.2 Å². The molecule has 0 aliphatic heterocycles. The first-order chi connectivity index (χ1) is 13.9. The molecule has 150 valence electrons. The number of rotatable bonds is 6. The minimum atomic E-state index is -0.878. The second-order valence-electron chi connectivity index (χ2n) is 6.37. The maximum absolute atomic E-state index is 13.3. The number of amides is 1. The molecular weight excluding hydrogens is 397 g/mol. The smallest absolute Gasteiger partial charge is 0.271 e. The van der Waals surface area contributed by atoms with Crippen molar-refractivity contribution in [3.63, 3.8) is 0 Å². The van der Waals surface area contributed by atoms with Crippen LogP contribution in [0.25, 0.3) is 5.69 Å². The van der Waals surface area contributed by atoms with E-state index in [4.69, 9.17) is 16.3 Å². The molecule has 6 nitrogen and oxygen atoms in total. The summed E-state index contributed by atoms with van der Waals surface area (Å²) in [5.74, 6) is -0.802. The number of hydrogen-bond acceptors (Lipinski definition) is 4. The SMILES string of the molecule is CC[C@@H](Oc1ccc(=O)n(-c2cc(Cl)ccc2C)n1)C(=O)Nc1cccc(F)c1. The number of aromatic nitrogens is 2. The minimum absolute atomic E-state index is 0.102. The predicted molar refractivity (Wildman–Crippen MR) is 109 cm³/mol. The van der Waals surface area contributed by atoms with Gasteiger partial charge in [-0.15, -0.1) is 5.10 Å². The van der Waals surface area contributed by atoms with Crippen LogP contribution in [0.15, 0.2) is 59.4 Å². The van der Waals surface area contributed by atoms with E-state index < -0.39 is 17.8 Å². The molecule has 0 bridgehead atoms. The third-order valence-corrected chi connectivity index (χ3v) is 4.43. The number of anilines is 1. The van der Waals surface area contributed by atoms with Crippen LogP contribution in [-0.4, -0.2) is 21.8 Å². The van der Waals surface area contributed by atoms with Gasteiger partial charge in [0.05, 0.1) is 5.69 Å². The zero-order valence-corrected chi connectivity index (χ0v) is 16.6. The largest absolute Gasteiger partial charge is 0.463 e. The maximum atomic E-state index is 13.3. The Hall–Kier alpha value is -3.19. The molecule has 0 aliphatic carbocycles. The van der Waals surface area contributed by atoms with Crippen molar-refractivity contribution in [3.05, 3.63) is 81.4 Å². The fraction of sp³-hybridized carbons (Fsp3) is 0.190. The van der Waals surface area contributed by atoms with Crippen molar-refractivity contribution >= 4 is 23.2 Å². The van der Waals surface area contributed by atoms with Crippen LogP contribution in [-0.2, 0) is 4.79 Å². The Morgan fingerprint density at radius 3 is 2.76 bits per heavy atom. The highest BCUT2D eigenvalue weighted by atomic mass is 35.5. The molecule has 0 saturated heterocycles. The Bertz CT molecular complexity index is 1100. The molecule has 1 N–H and O–H groups in total. The van der Waals surface area contributed by atoms with E-state index in [9.17, 15) is 14.0 Å². The van der Waals surface area contributed by atoms with E-state index in [1.165, 1.54) is 35.0 Å². The van der Waals surface area contributed by atoms with Gasteiger partial charge in [-0.25, -0.2) is 4.39 Å². The van der Waals surface area contributed by atoms with Crippen LogP contribution in [0.2, 0.25) is 5.02 Å². The summed E-state index contributed by atoms with van der Waals surface area (Å²) in [6.07, 6.45) is -0.532. The van der Waals surface area contributed by atoms with Crippen LogP contribution in [0.3, 0.4) is 0 Å². The lowest BCUT2D eigenvalue weighted by atomic mass is 10.2. The number of halogens is 2. The first-order valence-corrected chi connectivity index (χ1v) is 9.35. The molecule has 1 aromatic heterocycles. The van der Waals surface area contributed by atoms with Crippen molar-refractivity contribution in [2.45, 2.75) is 26.4 Å². The second kappa shape index (κ2) is 8.87. The van der Waals surface area contributed by atoms with Gasteiger partial charge in [0.25, 0.3) is 11.5 Å². The van der Waals surface area contributed by atoms with Gasteiger partial charge in [-0.3, -0.25) is 9.59 Å². The third-order valence-electron chi connectivity index (χ3n) is 4.19. The van der Waals surface area contributed by atoms with Crippen molar-refractivity contribution in [3.8, 4) is 11.6 Å². The minimum Gasteiger partial charge on any atom is -0.463 e. The number of aryl methyl sites for hydroxylation is 1. The highest BCUT2D eigenvalue weighted by Crippen LogP contribution is 2.19. The normalized spacial score (nSPS) is 11.7. The Labute approximate surface area is 171 Å². The lowest BCUT2D eigenvalue weighted by molar-refractivity contribution is -0.123. The number of carbonyl (C=O) groups excluding carboxylic acids is 1. The molecule has 29 heavy (non-hydrogen) atoms. The van der Waals surface area contributed by atoms with Gasteiger partial charge in [-0.1, -0.05) is 30.7 Å². The van der Waals surface area contributed by atoms with Gasteiger partial charge in [-0.05, 0) is 49.2 Å². The lowest BCUT2D eigenvalue weighted by Crippen LogP contribution is -2.33. The zero-order valence-electron chi connectivity index (χ0n) is 15.9. The first kappa shape index (κ1) is 20.5. The number of nitrogens with one attached hydrogen (secondary N) is 1. The molecule has 0 aliphatic rings. The van der Waals surface area contributed by atoms with E-state index in [-0.39, 0.29) is 11.4 Å². The van der Waals surface area contributed by atoms with E-state index in [0.29, 0.717) is 22.8 Å². The Kier molecular flexibility index (Phi) is 6.29. The fourth-order valence-corrected chi connectivity index (χ4v) is 2.86. The summed E-state index contributed by atoms with van der Waals surface area (Å²) in [5.41, 5.74) is 1.28. The molecule has 0 radical (unpaired) electrons. The van der Waals surface area contributed by atoms with Crippen LogP contribution >= 0.6 is 11.6 Å². The Morgan fingerprint density at radius 1 is 1.24 bits per heavy atom. The lowest BCUT2D eigenvalue weighted by Gasteiger charge is -2.17. The van der Waals surface area contributed by atoms with E-state index in [2.05, 4.69) is 10.4 Å². The summed E-state index contributed by atoms with van der Waals surface area (Å²) in [5, 5.41) is 7.29. The predicted octanol–water partition coefficient (Wildman–Crippen LogP) is 4.13. The highest BCUT2D eigenvalue weighted by Gasteiger charge is 2.20. The summed E-state index contributed by atoms with van der Waals surface area (Å²) in [6.45, 7) is 3.60. The molecule has 8 heteroatoms. The average molecular weight is 416 g/mol. The van der Waals surface area contributed by atoms with Crippen molar-refractivity contribution < 1.29 is 13.9 Å². The van der Waals surface area contributed by atoms with Crippen LogP contribution in [0, 0.1) is 12.7 Å². The van der Waals surface area contributed by atoms with Crippen LogP contribution in [0.1, 0.15) is 18.9 Å². The summed E-state index contributed by atoms with van der Waals surface area (Å²) in [6, 6.07) is 13.4. The maximum Gasteiger partial charge on any atom is 0.271 e. The monoisotopic (exact) mass is 415 g/mol. The topological polar surface area (TPSA) is 73.2 Å². The second-order valence-corrected chi connectivity index (χ2v) is 6.80. The molecule has 1 heterocycles. The first-order valence-electron chi connectivity index (χ1n) is 8.97. The highest BCUT2D eigenvalue weighted by molar-refractivity contribution is 6.30. The number of nitrogens with zero attached hydrogens (tertiary/aromatic N) is 2. The average Bonchev–Trinajstić information content (AvgIpc) is 2.69. The molecule has 3 rings (SSSR count). The molecule has 0 saturated carbocycles. The molecule has 0 unspecified atom stereocenters. The third kappa shape index (κ3) is 5.00.